The molecule has 1 aromatic heterocycles. The van der Waals surface area contributed by atoms with Gasteiger partial charge >= 0.3 is 0 Å². The van der Waals surface area contributed by atoms with Crippen molar-refractivity contribution in [2.75, 3.05) is 19.4 Å². The van der Waals surface area contributed by atoms with Crippen LogP contribution in [0.1, 0.15) is 11.3 Å². The number of hydrogen-bond acceptors (Lipinski definition) is 5. The maximum Gasteiger partial charge on any atom is 0.216 e. The van der Waals surface area contributed by atoms with Gasteiger partial charge in [0.1, 0.15) is 0 Å². The van der Waals surface area contributed by atoms with Crippen LogP contribution in [0, 0.1) is 6.92 Å². The van der Waals surface area contributed by atoms with Gasteiger partial charge in [0.15, 0.2) is 0 Å². The van der Waals surface area contributed by atoms with Crippen molar-refractivity contribution < 1.29 is 13.2 Å². The molecule has 1 rings (SSSR count). The van der Waals surface area contributed by atoms with Gasteiger partial charge in [0.25, 0.3) is 0 Å². The molecule has 7 nitrogen and oxygen atoms in total. The average Bonchev–Trinajstić information content (AvgIpc) is 2.46. The van der Waals surface area contributed by atoms with Gasteiger partial charge in [-0.2, -0.15) is 5.10 Å². The summed E-state index contributed by atoms with van der Waals surface area (Å²) >= 11 is 0. The summed E-state index contributed by atoms with van der Waals surface area (Å²) in [5.41, 5.74) is 1.77. The van der Waals surface area contributed by atoms with Gasteiger partial charge in [-0.1, -0.05) is 0 Å². The Hall–Kier alpha value is -1.12. The Morgan fingerprint density at radius 3 is 2.71 bits per heavy atom. The molecule has 1 heterocycles. The lowest BCUT2D eigenvalue weighted by Gasteiger charge is -2.06. The van der Waals surface area contributed by atoms with E-state index in [1.807, 2.05) is 6.92 Å². The standard InChI is InChI=1S/C9H18N4O3S/c1-7-8(9(16-3)13(2)12-7)6-11-4-5-17(10,14)15/h11H,4-6H2,1-3H3,(H2,10,14,15). The third kappa shape index (κ3) is 3.99. The van der Waals surface area contributed by atoms with E-state index < -0.39 is 10.0 Å². The van der Waals surface area contributed by atoms with E-state index in [4.69, 9.17) is 9.88 Å². The normalized spacial score (nSPS) is 11.8. The maximum atomic E-state index is 10.7. The zero-order valence-electron chi connectivity index (χ0n) is 10.2. The topological polar surface area (TPSA) is 99.2 Å². The molecule has 8 heteroatoms. The van der Waals surface area contributed by atoms with Gasteiger partial charge in [0.2, 0.25) is 15.9 Å². The number of ether oxygens (including phenoxy) is 1. The third-order valence-corrected chi connectivity index (χ3v) is 3.12. The average molecular weight is 262 g/mol. The fourth-order valence-electron chi connectivity index (χ4n) is 1.57. The number of aromatic nitrogens is 2. The molecule has 98 valence electrons. The quantitative estimate of drug-likeness (QED) is 0.648. The molecule has 17 heavy (non-hydrogen) atoms. The SMILES string of the molecule is COc1c(CNCCS(N)(=O)=O)c(C)nn1C. The van der Waals surface area contributed by atoms with Crippen LogP contribution in [-0.4, -0.2) is 37.6 Å². The molecule has 0 radical (unpaired) electrons. The molecule has 0 aliphatic heterocycles. The first kappa shape index (κ1) is 13.9. The van der Waals surface area contributed by atoms with Crippen LogP contribution < -0.4 is 15.2 Å². The smallest absolute Gasteiger partial charge is 0.216 e. The molecule has 0 aliphatic carbocycles. The molecule has 1 aromatic rings. The Labute approximate surface area is 101 Å². The van der Waals surface area contributed by atoms with Gasteiger partial charge in [-0.3, -0.25) is 0 Å². The summed E-state index contributed by atoms with van der Waals surface area (Å²) in [6.45, 7) is 2.67. The number of nitrogens with one attached hydrogen (secondary N) is 1. The second-order valence-electron chi connectivity index (χ2n) is 3.74. The van der Waals surface area contributed by atoms with Crippen molar-refractivity contribution in [3.05, 3.63) is 11.3 Å². The van der Waals surface area contributed by atoms with Crippen LogP contribution in [-0.2, 0) is 23.6 Å². The molecule has 0 aromatic carbocycles. The lowest BCUT2D eigenvalue weighted by molar-refractivity contribution is 0.368. The first-order valence-corrected chi connectivity index (χ1v) is 6.84. The Bertz CT molecular complexity index is 481. The largest absolute Gasteiger partial charge is 0.481 e. The van der Waals surface area contributed by atoms with Gasteiger partial charge in [-0.15, -0.1) is 0 Å². The van der Waals surface area contributed by atoms with Gasteiger partial charge < -0.3 is 10.1 Å². The highest BCUT2D eigenvalue weighted by atomic mass is 32.2. The van der Waals surface area contributed by atoms with Crippen molar-refractivity contribution in [3.8, 4) is 5.88 Å². The highest BCUT2D eigenvalue weighted by Crippen LogP contribution is 2.20. The molecule has 0 bridgehead atoms. The predicted octanol–water partition coefficient (Wildman–Crippen LogP) is -0.885. The number of sulfonamides is 1. The minimum absolute atomic E-state index is 0.0887. The fourth-order valence-corrected chi connectivity index (χ4v) is 2.00. The number of methoxy groups -OCH3 is 1. The molecule has 0 aliphatic rings. The zero-order chi connectivity index (χ0) is 13.1. The molecule has 0 amide bonds. The summed E-state index contributed by atoms with van der Waals surface area (Å²) in [5, 5.41) is 12.1. The highest BCUT2D eigenvalue weighted by molar-refractivity contribution is 7.89. The van der Waals surface area contributed by atoms with E-state index in [0.29, 0.717) is 19.0 Å². The number of nitrogens with zero attached hydrogens (tertiary/aromatic N) is 2. The number of primary sulfonamides is 1. The van der Waals surface area contributed by atoms with Crippen molar-refractivity contribution in [1.29, 1.82) is 0 Å². The first-order valence-electron chi connectivity index (χ1n) is 5.13. The number of rotatable bonds is 6. The molecule has 0 saturated heterocycles. The Balaban J connectivity index is 2.58. The van der Waals surface area contributed by atoms with Gasteiger partial charge in [0, 0.05) is 20.1 Å². The zero-order valence-corrected chi connectivity index (χ0v) is 11.0. The first-order chi connectivity index (χ1) is 7.85. The highest BCUT2D eigenvalue weighted by Gasteiger charge is 2.13. The molecule has 0 saturated carbocycles. The van der Waals surface area contributed by atoms with E-state index in [1.165, 1.54) is 0 Å². The van der Waals surface area contributed by atoms with Crippen LogP contribution in [0.5, 0.6) is 5.88 Å². The second-order valence-corrected chi connectivity index (χ2v) is 5.47. The summed E-state index contributed by atoms with van der Waals surface area (Å²) in [6.07, 6.45) is 0. The van der Waals surface area contributed by atoms with E-state index in [9.17, 15) is 8.42 Å². The minimum Gasteiger partial charge on any atom is -0.481 e. The number of nitrogens with two attached hydrogens (primary N) is 1. The molecular formula is C9H18N4O3S. The van der Waals surface area contributed by atoms with Crippen LogP contribution in [0.25, 0.3) is 0 Å². The second kappa shape index (κ2) is 5.48. The van der Waals surface area contributed by atoms with Gasteiger partial charge in [-0.05, 0) is 6.92 Å². The van der Waals surface area contributed by atoms with E-state index >= 15 is 0 Å². The van der Waals surface area contributed by atoms with Crippen molar-refractivity contribution in [2.45, 2.75) is 13.5 Å². The van der Waals surface area contributed by atoms with Gasteiger partial charge in [-0.25, -0.2) is 18.2 Å². The van der Waals surface area contributed by atoms with Crippen molar-refractivity contribution in [1.82, 2.24) is 15.1 Å². The Morgan fingerprint density at radius 1 is 1.53 bits per heavy atom. The van der Waals surface area contributed by atoms with Crippen molar-refractivity contribution >= 4 is 10.0 Å². The van der Waals surface area contributed by atoms with Crippen LogP contribution in [0.15, 0.2) is 0 Å². The monoisotopic (exact) mass is 262 g/mol. The Morgan fingerprint density at radius 2 is 2.18 bits per heavy atom. The maximum absolute atomic E-state index is 10.7. The summed E-state index contributed by atoms with van der Waals surface area (Å²) < 4.78 is 28.3. The molecular weight excluding hydrogens is 244 g/mol. The minimum atomic E-state index is -3.41. The van der Waals surface area contributed by atoms with E-state index in [2.05, 4.69) is 10.4 Å². The van der Waals surface area contributed by atoms with E-state index in [0.717, 1.165) is 11.3 Å². The molecule has 3 N–H and O–H groups in total. The van der Waals surface area contributed by atoms with Crippen molar-refractivity contribution in [3.63, 3.8) is 0 Å². The predicted molar refractivity (Wildman–Crippen MR) is 64.2 cm³/mol. The van der Waals surface area contributed by atoms with Crippen LogP contribution in [0.4, 0.5) is 0 Å². The molecule has 0 atom stereocenters. The number of aryl methyl sites for hydroxylation is 2. The van der Waals surface area contributed by atoms with Crippen LogP contribution in [0.3, 0.4) is 0 Å². The van der Waals surface area contributed by atoms with Gasteiger partial charge in [0.05, 0.1) is 24.1 Å². The lowest BCUT2D eigenvalue weighted by Crippen LogP contribution is -2.27. The Kier molecular flexibility index (Phi) is 4.49. The van der Waals surface area contributed by atoms with Crippen LogP contribution >= 0.6 is 0 Å². The van der Waals surface area contributed by atoms with E-state index in [1.54, 1.807) is 18.8 Å². The molecule has 0 unspecified atom stereocenters. The summed E-state index contributed by atoms with van der Waals surface area (Å²) in [6, 6.07) is 0. The fraction of sp³-hybridized carbons (Fsp3) is 0.667. The van der Waals surface area contributed by atoms with Crippen molar-refractivity contribution in [2.24, 2.45) is 12.2 Å². The summed E-state index contributed by atoms with van der Waals surface area (Å²) in [7, 11) is -0.0487. The molecule has 0 spiro atoms. The summed E-state index contributed by atoms with van der Waals surface area (Å²) in [4.78, 5) is 0. The molecule has 0 fully saturated rings. The lowest BCUT2D eigenvalue weighted by atomic mass is 10.2. The summed E-state index contributed by atoms with van der Waals surface area (Å²) in [5.74, 6) is 0.583. The van der Waals surface area contributed by atoms with E-state index in [-0.39, 0.29) is 5.75 Å². The van der Waals surface area contributed by atoms with Crippen LogP contribution in [0.2, 0.25) is 0 Å². The number of hydrogen-bond donors (Lipinski definition) is 2. The third-order valence-electron chi connectivity index (χ3n) is 2.35.